The lowest BCUT2D eigenvalue weighted by Crippen LogP contribution is -2.26. The molecule has 4 aliphatic rings. The molecule has 5 nitrogen and oxygen atoms in total. The summed E-state index contributed by atoms with van der Waals surface area (Å²) in [5.41, 5.74) is 1.05. The molecule has 2 aromatic heterocycles. The minimum atomic E-state index is -4.51. The van der Waals surface area contributed by atoms with E-state index in [1.54, 1.807) is 12.3 Å². The van der Waals surface area contributed by atoms with Crippen LogP contribution in [0.3, 0.4) is 0 Å². The van der Waals surface area contributed by atoms with Crippen molar-refractivity contribution in [1.82, 2.24) is 19.5 Å². The summed E-state index contributed by atoms with van der Waals surface area (Å²) in [6, 6.07) is 12.3. The molecule has 4 fully saturated rings. The third-order valence-electron chi connectivity index (χ3n) is 7.86. The van der Waals surface area contributed by atoms with Crippen LogP contribution in [0.2, 0.25) is 0 Å². The molecule has 0 spiro atoms. The Morgan fingerprint density at radius 1 is 1.16 bits per heavy atom. The first kappa shape index (κ1) is 19.3. The number of pyridine rings is 1. The highest BCUT2D eigenvalue weighted by Gasteiger charge is 3.00. The van der Waals surface area contributed by atoms with Crippen LogP contribution in [0.25, 0.3) is 5.65 Å². The Bertz CT molecular complexity index is 1180. The highest BCUT2D eigenvalue weighted by atomic mass is 19.4. The van der Waals surface area contributed by atoms with E-state index in [-0.39, 0.29) is 35.2 Å². The summed E-state index contributed by atoms with van der Waals surface area (Å²) in [6.45, 7) is 5.79. The molecule has 4 atom stereocenters. The van der Waals surface area contributed by atoms with Crippen LogP contribution in [0.4, 0.5) is 13.2 Å². The fourth-order valence-electron chi connectivity index (χ4n) is 6.57. The van der Waals surface area contributed by atoms with Crippen molar-refractivity contribution < 1.29 is 17.9 Å². The molecular formula is C23H23F3N4O. The van der Waals surface area contributed by atoms with Gasteiger partial charge in [0, 0.05) is 42.8 Å². The van der Waals surface area contributed by atoms with Gasteiger partial charge in [-0.05, 0) is 30.0 Å². The molecule has 31 heavy (non-hydrogen) atoms. The average molecular weight is 428 g/mol. The van der Waals surface area contributed by atoms with Crippen LogP contribution in [-0.4, -0.2) is 38.7 Å². The van der Waals surface area contributed by atoms with Crippen molar-refractivity contribution in [3.63, 3.8) is 0 Å². The molecule has 2 saturated heterocycles. The maximum absolute atomic E-state index is 14.1. The molecule has 3 aromatic rings. The lowest BCUT2D eigenvalue weighted by atomic mass is 9.97. The van der Waals surface area contributed by atoms with Crippen molar-refractivity contribution in [3.05, 3.63) is 65.1 Å². The van der Waals surface area contributed by atoms with E-state index >= 15 is 0 Å². The molecule has 8 heteroatoms. The molecule has 0 N–H and O–H groups in total. The van der Waals surface area contributed by atoms with E-state index in [1.807, 2.05) is 25.1 Å². The van der Waals surface area contributed by atoms with E-state index in [0.29, 0.717) is 24.4 Å². The Morgan fingerprint density at radius 2 is 1.94 bits per heavy atom. The van der Waals surface area contributed by atoms with E-state index in [1.165, 1.54) is 9.96 Å². The van der Waals surface area contributed by atoms with Gasteiger partial charge in [-0.2, -0.15) is 13.2 Å². The third-order valence-corrected chi connectivity index (χ3v) is 7.86. The maximum atomic E-state index is 14.1. The molecule has 2 aliphatic heterocycles. The van der Waals surface area contributed by atoms with Crippen molar-refractivity contribution >= 4 is 5.65 Å². The second-order valence-corrected chi connectivity index (χ2v) is 9.06. The maximum Gasteiger partial charge on any atom is 0.420 e. The molecule has 2 bridgehead atoms. The van der Waals surface area contributed by atoms with Crippen molar-refractivity contribution in [2.45, 2.75) is 44.6 Å². The molecule has 1 aromatic carbocycles. The number of hydrogen-bond acceptors (Lipinski definition) is 4. The molecule has 1 unspecified atom stereocenters. The van der Waals surface area contributed by atoms with Crippen LogP contribution in [0.15, 0.2) is 42.6 Å². The van der Waals surface area contributed by atoms with E-state index in [4.69, 9.17) is 4.74 Å². The van der Waals surface area contributed by atoms with Gasteiger partial charge in [0.1, 0.15) is 12.2 Å². The van der Waals surface area contributed by atoms with Crippen LogP contribution < -0.4 is 0 Å². The minimum absolute atomic E-state index is 0.121. The van der Waals surface area contributed by atoms with Gasteiger partial charge < -0.3 is 4.74 Å². The highest BCUT2D eigenvalue weighted by Crippen LogP contribution is 2.94. The largest absolute Gasteiger partial charge is 0.420 e. The van der Waals surface area contributed by atoms with Gasteiger partial charge in [0.25, 0.3) is 0 Å². The number of fused-ring (bicyclic) bond motifs is 2. The van der Waals surface area contributed by atoms with Gasteiger partial charge in [0.15, 0.2) is 11.5 Å². The van der Waals surface area contributed by atoms with Crippen LogP contribution >= 0.6 is 0 Å². The SMILES string of the molecule is CCOCc1nnc2c(C(F)(F)F)c(CN3C[C@H]4[C@@]5(C)C3[C@]45c3ccccc3)ccn12. The van der Waals surface area contributed by atoms with Gasteiger partial charge in [-0.3, -0.25) is 9.30 Å². The van der Waals surface area contributed by atoms with E-state index in [2.05, 4.69) is 34.2 Å². The number of alkyl halides is 3. The molecule has 0 amide bonds. The summed E-state index contributed by atoms with van der Waals surface area (Å²) >= 11 is 0. The van der Waals surface area contributed by atoms with Gasteiger partial charge in [-0.25, -0.2) is 0 Å². The number of benzene rings is 1. The van der Waals surface area contributed by atoms with Gasteiger partial charge in [0.05, 0.1) is 0 Å². The summed E-state index contributed by atoms with van der Waals surface area (Å²) in [6.07, 6.45) is -2.87. The smallest absolute Gasteiger partial charge is 0.374 e. The van der Waals surface area contributed by atoms with Crippen LogP contribution in [-0.2, 0) is 29.5 Å². The van der Waals surface area contributed by atoms with Crippen LogP contribution in [0, 0.1) is 11.3 Å². The Kier molecular flexibility index (Phi) is 3.77. The second-order valence-electron chi connectivity index (χ2n) is 9.06. The topological polar surface area (TPSA) is 42.7 Å². The Labute approximate surface area is 177 Å². The summed E-state index contributed by atoms with van der Waals surface area (Å²) in [7, 11) is 0. The number of piperidine rings is 1. The van der Waals surface area contributed by atoms with Gasteiger partial charge >= 0.3 is 6.18 Å². The summed E-state index contributed by atoms with van der Waals surface area (Å²) in [5, 5.41) is 7.82. The normalized spacial score (nSPS) is 31.3. The predicted octanol–water partition coefficient (Wildman–Crippen LogP) is 4.06. The van der Waals surface area contributed by atoms with Crippen molar-refractivity contribution in [2.75, 3.05) is 13.2 Å². The Morgan fingerprint density at radius 3 is 2.61 bits per heavy atom. The molecular weight excluding hydrogens is 405 g/mol. The number of nitrogens with zero attached hydrogens (tertiary/aromatic N) is 4. The first-order chi connectivity index (χ1) is 14.8. The monoisotopic (exact) mass is 428 g/mol. The zero-order valence-corrected chi connectivity index (χ0v) is 17.4. The third kappa shape index (κ3) is 2.29. The zero-order chi connectivity index (χ0) is 21.6. The second kappa shape index (κ2) is 6.07. The molecule has 4 heterocycles. The Balaban J connectivity index is 1.34. The number of aromatic nitrogens is 3. The fourth-order valence-corrected chi connectivity index (χ4v) is 6.57. The number of rotatable bonds is 6. The standard InChI is InChI=1S/C23H23F3N4O/c1-3-31-13-17-27-28-19-18(23(24,25)26)14(9-10-30(17)19)11-29-12-16-21(2)20(29)22(16,21)15-7-5-4-6-8-15/h4-10,16,20H,3,11-13H2,1-2H3/t16-,20?,21-,22-/m0/s1. The molecule has 0 radical (unpaired) electrons. The average Bonchev–Trinajstić information content (AvgIpc) is 3.18. The molecule has 7 rings (SSSR count). The summed E-state index contributed by atoms with van der Waals surface area (Å²) in [4.78, 5) is 2.23. The van der Waals surface area contributed by atoms with Crippen LogP contribution in [0.5, 0.6) is 0 Å². The van der Waals surface area contributed by atoms with Gasteiger partial charge in [-0.1, -0.05) is 37.3 Å². The number of ether oxygens (including phenoxy) is 1. The van der Waals surface area contributed by atoms with Crippen LogP contribution in [0.1, 0.15) is 36.4 Å². The summed E-state index contributed by atoms with van der Waals surface area (Å²) in [5.74, 6) is 0.897. The Hall–Kier alpha value is -2.45. The first-order valence-electron chi connectivity index (χ1n) is 10.6. The minimum Gasteiger partial charge on any atom is -0.374 e. The number of hydrogen-bond donors (Lipinski definition) is 0. The van der Waals surface area contributed by atoms with Gasteiger partial charge in [0.2, 0.25) is 0 Å². The van der Waals surface area contributed by atoms with E-state index < -0.39 is 11.7 Å². The van der Waals surface area contributed by atoms with Crippen molar-refractivity contribution in [1.29, 1.82) is 0 Å². The molecule has 2 aliphatic carbocycles. The lowest BCUT2D eigenvalue weighted by Gasteiger charge is -2.21. The van der Waals surface area contributed by atoms with E-state index in [0.717, 1.165) is 6.54 Å². The molecule has 162 valence electrons. The fraction of sp³-hybridized carbons (Fsp3) is 0.478. The lowest BCUT2D eigenvalue weighted by molar-refractivity contribution is -0.137. The summed E-state index contributed by atoms with van der Waals surface area (Å²) < 4.78 is 49.0. The van der Waals surface area contributed by atoms with Gasteiger partial charge in [-0.15, -0.1) is 10.2 Å². The predicted molar refractivity (Wildman–Crippen MR) is 107 cm³/mol. The first-order valence-corrected chi connectivity index (χ1v) is 10.6. The zero-order valence-electron chi connectivity index (χ0n) is 17.4. The molecule has 2 saturated carbocycles. The van der Waals surface area contributed by atoms with E-state index in [9.17, 15) is 13.2 Å². The van der Waals surface area contributed by atoms with Crippen molar-refractivity contribution in [3.8, 4) is 0 Å². The quantitative estimate of drug-likeness (QED) is 0.594. The number of halogens is 3. The highest BCUT2D eigenvalue weighted by molar-refractivity contribution is 5.63. The van der Waals surface area contributed by atoms with Crippen molar-refractivity contribution in [2.24, 2.45) is 11.3 Å².